The number of fused-ring (bicyclic) bond motifs is 1. The Kier molecular flexibility index (Phi) is 3.87. The Morgan fingerprint density at radius 2 is 1.45 bits per heavy atom. The summed E-state index contributed by atoms with van der Waals surface area (Å²) in [5.74, 6) is -1.97. The van der Waals surface area contributed by atoms with Gasteiger partial charge in [0.1, 0.15) is 0 Å². The van der Waals surface area contributed by atoms with Crippen molar-refractivity contribution in [1.29, 1.82) is 0 Å². The second kappa shape index (κ2) is 5.56. The summed E-state index contributed by atoms with van der Waals surface area (Å²) in [4.78, 5) is 37.2. The second-order valence-electron chi connectivity index (χ2n) is 5.64. The molecule has 0 bridgehead atoms. The Morgan fingerprint density at radius 1 is 1.00 bits per heavy atom. The lowest BCUT2D eigenvalue weighted by atomic mass is 9.85. The van der Waals surface area contributed by atoms with E-state index >= 15 is 0 Å². The molecule has 1 aliphatic carbocycles. The second-order valence-corrected chi connectivity index (χ2v) is 6.45. The predicted octanol–water partition coefficient (Wildman–Crippen LogP) is 3.23. The minimum absolute atomic E-state index is 0.234. The van der Waals surface area contributed by atoms with Crippen molar-refractivity contribution in [2.75, 3.05) is 0 Å². The van der Waals surface area contributed by atoms with Crippen molar-refractivity contribution in [1.82, 2.24) is 4.90 Å². The standard InChI is InChI=1S/C15H13Cl2NO4/c16-11-5-9-10(6-12(11)17)14(20)18(13(9)19)8-3-1-7(2-4-8)15(21)22/h5-8H,1-4H2,(H,21,22). The van der Waals surface area contributed by atoms with Gasteiger partial charge >= 0.3 is 5.97 Å². The molecule has 0 aromatic heterocycles. The van der Waals surface area contributed by atoms with Crippen LogP contribution in [0.5, 0.6) is 0 Å². The molecule has 0 atom stereocenters. The molecule has 1 aliphatic heterocycles. The van der Waals surface area contributed by atoms with E-state index in [1.54, 1.807) is 0 Å². The summed E-state index contributed by atoms with van der Waals surface area (Å²) in [7, 11) is 0. The van der Waals surface area contributed by atoms with Gasteiger partial charge < -0.3 is 5.11 Å². The lowest BCUT2D eigenvalue weighted by Crippen LogP contribution is -2.42. The van der Waals surface area contributed by atoms with Crippen molar-refractivity contribution >= 4 is 41.0 Å². The zero-order chi connectivity index (χ0) is 16.0. The van der Waals surface area contributed by atoms with Gasteiger partial charge in [-0.2, -0.15) is 0 Å². The molecule has 1 saturated carbocycles. The molecule has 7 heteroatoms. The Balaban J connectivity index is 1.84. The maximum absolute atomic E-state index is 12.5. The number of benzene rings is 1. The van der Waals surface area contributed by atoms with Gasteiger partial charge in [0.2, 0.25) is 0 Å². The lowest BCUT2D eigenvalue weighted by Gasteiger charge is -2.31. The van der Waals surface area contributed by atoms with Crippen LogP contribution in [0.1, 0.15) is 46.4 Å². The minimum atomic E-state index is -0.820. The summed E-state index contributed by atoms with van der Waals surface area (Å²) in [5, 5.41) is 9.49. The van der Waals surface area contributed by atoms with Gasteiger partial charge in [0, 0.05) is 6.04 Å². The predicted molar refractivity (Wildman–Crippen MR) is 80.3 cm³/mol. The number of nitrogens with zero attached hydrogens (tertiary/aromatic N) is 1. The maximum Gasteiger partial charge on any atom is 0.306 e. The molecule has 22 heavy (non-hydrogen) atoms. The number of carbonyl (C=O) groups is 3. The highest BCUT2D eigenvalue weighted by Crippen LogP contribution is 2.36. The summed E-state index contributed by atoms with van der Waals surface area (Å²) in [6.07, 6.45) is 1.94. The Bertz CT molecular complexity index is 639. The van der Waals surface area contributed by atoms with Crippen molar-refractivity contribution in [3.8, 4) is 0 Å². The van der Waals surface area contributed by atoms with Crippen LogP contribution in [-0.4, -0.2) is 33.8 Å². The summed E-state index contributed by atoms with van der Waals surface area (Å²) in [6.45, 7) is 0. The van der Waals surface area contributed by atoms with E-state index in [0.717, 1.165) is 0 Å². The van der Waals surface area contributed by atoms with Gasteiger partial charge in [-0.05, 0) is 37.8 Å². The van der Waals surface area contributed by atoms with Crippen molar-refractivity contribution in [3.05, 3.63) is 33.3 Å². The fourth-order valence-electron chi connectivity index (χ4n) is 3.17. The zero-order valence-electron chi connectivity index (χ0n) is 11.5. The summed E-state index contributed by atoms with van der Waals surface area (Å²) in [6, 6.07) is 2.57. The average molecular weight is 342 g/mol. The van der Waals surface area contributed by atoms with Crippen LogP contribution in [0.25, 0.3) is 0 Å². The highest BCUT2D eigenvalue weighted by atomic mass is 35.5. The van der Waals surface area contributed by atoms with Crippen LogP contribution in [0.4, 0.5) is 0 Å². The van der Waals surface area contributed by atoms with Gasteiger partial charge in [0.25, 0.3) is 11.8 Å². The van der Waals surface area contributed by atoms with E-state index in [9.17, 15) is 14.4 Å². The van der Waals surface area contributed by atoms with Gasteiger partial charge in [0.15, 0.2) is 0 Å². The van der Waals surface area contributed by atoms with Crippen LogP contribution >= 0.6 is 23.2 Å². The highest BCUT2D eigenvalue weighted by molar-refractivity contribution is 6.43. The van der Waals surface area contributed by atoms with Gasteiger partial charge in [-0.1, -0.05) is 23.2 Å². The topological polar surface area (TPSA) is 74.7 Å². The third kappa shape index (κ3) is 2.38. The number of halogens is 2. The van der Waals surface area contributed by atoms with Gasteiger partial charge in [0.05, 0.1) is 27.1 Å². The summed E-state index contributed by atoms with van der Waals surface area (Å²) in [5.41, 5.74) is 0.527. The molecule has 1 aromatic rings. The van der Waals surface area contributed by atoms with Crippen LogP contribution in [0.2, 0.25) is 10.0 Å². The van der Waals surface area contributed by atoms with E-state index in [0.29, 0.717) is 25.7 Å². The van der Waals surface area contributed by atoms with Crippen molar-refractivity contribution in [2.45, 2.75) is 31.7 Å². The third-order valence-corrected chi connectivity index (χ3v) is 5.09. The number of rotatable bonds is 2. The van der Waals surface area contributed by atoms with Crippen LogP contribution in [-0.2, 0) is 4.79 Å². The molecule has 5 nitrogen and oxygen atoms in total. The van der Waals surface area contributed by atoms with E-state index in [1.807, 2.05) is 0 Å². The van der Waals surface area contributed by atoms with Gasteiger partial charge in [-0.15, -0.1) is 0 Å². The number of aliphatic carboxylic acids is 1. The number of carboxylic acids is 1. The fraction of sp³-hybridized carbons (Fsp3) is 0.400. The first-order valence-corrected chi connectivity index (χ1v) is 7.75. The third-order valence-electron chi connectivity index (χ3n) is 4.37. The fourth-order valence-corrected chi connectivity index (χ4v) is 3.49. The zero-order valence-corrected chi connectivity index (χ0v) is 13.0. The van der Waals surface area contributed by atoms with Crippen LogP contribution in [0, 0.1) is 5.92 Å². The SMILES string of the molecule is O=C(O)C1CCC(N2C(=O)c3cc(Cl)c(Cl)cc3C2=O)CC1. The smallest absolute Gasteiger partial charge is 0.306 e. The number of amides is 2. The number of imide groups is 1. The van der Waals surface area contributed by atoms with Crippen LogP contribution in [0.15, 0.2) is 12.1 Å². The first-order valence-electron chi connectivity index (χ1n) is 7.00. The number of hydrogen-bond donors (Lipinski definition) is 1. The molecular formula is C15H13Cl2NO4. The minimum Gasteiger partial charge on any atom is -0.481 e. The Morgan fingerprint density at radius 3 is 1.86 bits per heavy atom. The van der Waals surface area contributed by atoms with Gasteiger partial charge in [-0.3, -0.25) is 19.3 Å². The highest BCUT2D eigenvalue weighted by Gasteiger charge is 2.42. The number of hydrogen-bond acceptors (Lipinski definition) is 3. The molecule has 116 valence electrons. The molecule has 1 fully saturated rings. The van der Waals surface area contributed by atoms with Gasteiger partial charge in [-0.25, -0.2) is 0 Å². The number of carboxylic acid groups (broad SMARTS) is 1. The molecule has 0 unspecified atom stereocenters. The molecule has 1 aromatic carbocycles. The van der Waals surface area contributed by atoms with E-state index in [2.05, 4.69) is 0 Å². The largest absolute Gasteiger partial charge is 0.481 e. The quantitative estimate of drug-likeness (QED) is 0.838. The molecule has 0 saturated heterocycles. The van der Waals surface area contributed by atoms with Crippen LogP contribution in [0.3, 0.4) is 0 Å². The summed E-state index contributed by atoms with van der Waals surface area (Å²) < 4.78 is 0. The van der Waals surface area contributed by atoms with E-state index in [4.69, 9.17) is 28.3 Å². The molecule has 1 heterocycles. The normalized spacial score (nSPS) is 24.5. The first kappa shape index (κ1) is 15.3. The molecule has 2 amide bonds. The van der Waals surface area contributed by atoms with Crippen molar-refractivity contribution < 1.29 is 19.5 Å². The maximum atomic E-state index is 12.5. The Labute approximate surface area is 136 Å². The Hall–Kier alpha value is -1.59. The lowest BCUT2D eigenvalue weighted by molar-refractivity contribution is -0.143. The monoisotopic (exact) mass is 341 g/mol. The average Bonchev–Trinajstić information content (AvgIpc) is 2.72. The molecular weight excluding hydrogens is 329 g/mol. The van der Waals surface area contributed by atoms with E-state index in [1.165, 1.54) is 17.0 Å². The number of carbonyl (C=O) groups excluding carboxylic acids is 2. The molecule has 1 N–H and O–H groups in total. The van der Waals surface area contributed by atoms with E-state index in [-0.39, 0.29) is 39.0 Å². The molecule has 2 aliphatic rings. The van der Waals surface area contributed by atoms with Crippen molar-refractivity contribution in [2.24, 2.45) is 5.92 Å². The van der Waals surface area contributed by atoms with Crippen molar-refractivity contribution in [3.63, 3.8) is 0 Å². The van der Waals surface area contributed by atoms with E-state index < -0.39 is 11.9 Å². The molecule has 3 rings (SSSR count). The molecule has 0 spiro atoms. The first-order chi connectivity index (χ1) is 10.4. The summed E-state index contributed by atoms with van der Waals surface area (Å²) >= 11 is 11.8. The van der Waals surface area contributed by atoms with Crippen LogP contribution < -0.4 is 0 Å². The molecule has 0 radical (unpaired) electrons.